The summed E-state index contributed by atoms with van der Waals surface area (Å²) in [6, 6.07) is 1.87. The number of quaternary nitrogens is 1. The lowest BCUT2D eigenvalue weighted by molar-refractivity contribution is -0.914. The first-order valence-corrected chi connectivity index (χ1v) is 10.8. The number of carbonyl (C=O) groups is 1. The Balaban J connectivity index is 1.18. The van der Waals surface area contributed by atoms with Gasteiger partial charge in [0.15, 0.2) is 6.04 Å². The second kappa shape index (κ2) is 6.73. The lowest BCUT2D eigenvalue weighted by atomic mass is 9.53. The van der Waals surface area contributed by atoms with E-state index in [1.165, 1.54) is 43.4 Å². The van der Waals surface area contributed by atoms with Gasteiger partial charge in [0, 0.05) is 17.9 Å². The first kappa shape index (κ1) is 17.4. The Morgan fingerprint density at radius 1 is 1.11 bits per heavy atom. The van der Waals surface area contributed by atoms with Crippen LogP contribution in [-0.4, -0.2) is 53.6 Å². The molecule has 6 heteroatoms. The van der Waals surface area contributed by atoms with Crippen molar-refractivity contribution >= 4 is 11.9 Å². The van der Waals surface area contributed by atoms with Crippen LogP contribution in [0.4, 0.5) is 5.95 Å². The molecule has 0 radical (unpaired) electrons. The average Bonchev–Trinajstić information content (AvgIpc) is 2.67. The molecule has 0 spiro atoms. The van der Waals surface area contributed by atoms with Crippen molar-refractivity contribution in [1.82, 2.24) is 15.3 Å². The molecule has 4 bridgehead atoms. The van der Waals surface area contributed by atoms with Gasteiger partial charge in [-0.1, -0.05) is 0 Å². The first-order chi connectivity index (χ1) is 13.1. The molecule has 5 fully saturated rings. The van der Waals surface area contributed by atoms with Crippen LogP contribution in [0.1, 0.15) is 45.4 Å². The molecule has 6 rings (SSSR count). The monoisotopic (exact) mass is 370 g/mol. The standard InChI is InChI=1S/C21H31N5O/c1-15(25-5-7-26(8-6-25)20-22-3-2-4-23-20)19(27)24-21-12-16-9-17(13-21)11-18(10-16)14-21/h2-4,15-18H,5-14H2,1H3,(H,24,27)/p+1/t15-,16?,17?,18?,21?/m0/s1. The van der Waals surface area contributed by atoms with E-state index in [2.05, 4.69) is 27.1 Å². The van der Waals surface area contributed by atoms with Crippen LogP contribution < -0.4 is 15.1 Å². The minimum absolute atomic E-state index is 0.0249. The zero-order valence-corrected chi connectivity index (χ0v) is 16.4. The molecule has 4 saturated carbocycles. The van der Waals surface area contributed by atoms with E-state index in [1.807, 2.05) is 6.07 Å². The molecule has 2 N–H and O–H groups in total. The number of aromatic nitrogens is 2. The van der Waals surface area contributed by atoms with Crippen molar-refractivity contribution < 1.29 is 9.69 Å². The van der Waals surface area contributed by atoms with Gasteiger partial charge in [0.05, 0.1) is 26.2 Å². The number of amides is 1. The van der Waals surface area contributed by atoms with E-state index < -0.39 is 0 Å². The Kier molecular flexibility index (Phi) is 4.34. The number of anilines is 1. The minimum Gasteiger partial charge on any atom is -0.345 e. The minimum atomic E-state index is 0.0249. The lowest BCUT2D eigenvalue weighted by Gasteiger charge is -2.57. The van der Waals surface area contributed by atoms with Crippen molar-refractivity contribution in [2.75, 3.05) is 31.1 Å². The summed E-state index contributed by atoms with van der Waals surface area (Å²) < 4.78 is 0. The van der Waals surface area contributed by atoms with Crippen LogP contribution in [0.25, 0.3) is 0 Å². The van der Waals surface area contributed by atoms with Crippen LogP contribution in [-0.2, 0) is 4.79 Å². The zero-order chi connectivity index (χ0) is 18.4. The van der Waals surface area contributed by atoms with E-state index in [1.54, 1.807) is 12.4 Å². The van der Waals surface area contributed by atoms with Crippen molar-refractivity contribution in [2.45, 2.75) is 57.0 Å². The molecule has 1 aromatic heterocycles. The van der Waals surface area contributed by atoms with E-state index >= 15 is 0 Å². The quantitative estimate of drug-likeness (QED) is 0.817. The number of piperazine rings is 1. The maximum Gasteiger partial charge on any atom is 0.278 e. The van der Waals surface area contributed by atoms with Gasteiger partial charge in [0.25, 0.3) is 5.91 Å². The second-order valence-electron chi connectivity index (χ2n) is 9.60. The van der Waals surface area contributed by atoms with Crippen molar-refractivity contribution in [2.24, 2.45) is 17.8 Å². The summed E-state index contributed by atoms with van der Waals surface area (Å²) in [6.45, 7) is 5.87. The molecule has 1 aromatic rings. The van der Waals surface area contributed by atoms with E-state index in [0.29, 0.717) is 0 Å². The molecular formula is C21H32N5O+. The molecule has 27 heavy (non-hydrogen) atoms. The van der Waals surface area contributed by atoms with E-state index in [-0.39, 0.29) is 17.5 Å². The number of carbonyl (C=O) groups excluding carboxylic acids is 1. The van der Waals surface area contributed by atoms with E-state index in [4.69, 9.17) is 0 Å². The summed E-state index contributed by atoms with van der Waals surface area (Å²) in [7, 11) is 0. The Hall–Kier alpha value is -1.69. The Morgan fingerprint density at radius 3 is 2.22 bits per heavy atom. The van der Waals surface area contributed by atoms with Crippen LogP contribution in [0.15, 0.2) is 18.5 Å². The van der Waals surface area contributed by atoms with Gasteiger partial charge >= 0.3 is 0 Å². The summed E-state index contributed by atoms with van der Waals surface area (Å²) in [4.78, 5) is 25.4. The maximum atomic E-state index is 13.1. The second-order valence-corrected chi connectivity index (χ2v) is 9.60. The lowest BCUT2D eigenvalue weighted by Crippen LogP contribution is -3.19. The SMILES string of the molecule is C[C@@H](C(=O)NC12CC3CC(CC(C3)C1)C2)[NH+]1CCN(c2ncccn2)CC1. The molecule has 4 aliphatic carbocycles. The smallest absolute Gasteiger partial charge is 0.278 e. The van der Waals surface area contributed by atoms with Crippen LogP contribution in [0.3, 0.4) is 0 Å². The van der Waals surface area contributed by atoms with Crippen molar-refractivity contribution in [3.63, 3.8) is 0 Å². The number of hydrogen-bond acceptors (Lipinski definition) is 4. The predicted octanol–water partition coefficient (Wildman–Crippen LogP) is 0.655. The number of rotatable bonds is 4. The molecule has 1 saturated heterocycles. The molecule has 1 atom stereocenters. The van der Waals surface area contributed by atoms with Gasteiger partial charge < -0.3 is 15.1 Å². The van der Waals surface area contributed by atoms with Crippen LogP contribution >= 0.6 is 0 Å². The fourth-order valence-corrected chi connectivity index (χ4v) is 6.70. The van der Waals surface area contributed by atoms with Gasteiger partial charge in [0.1, 0.15) is 0 Å². The number of hydrogen-bond donors (Lipinski definition) is 2. The molecule has 6 nitrogen and oxygen atoms in total. The van der Waals surface area contributed by atoms with Crippen molar-refractivity contribution in [3.05, 3.63) is 18.5 Å². The zero-order valence-electron chi connectivity index (χ0n) is 16.4. The predicted molar refractivity (Wildman–Crippen MR) is 103 cm³/mol. The van der Waals surface area contributed by atoms with Gasteiger partial charge in [-0.3, -0.25) is 4.79 Å². The molecule has 146 valence electrons. The molecule has 0 unspecified atom stereocenters. The van der Waals surface area contributed by atoms with Gasteiger partial charge in [-0.2, -0.15) is 0 Å². The van der Waals surface area contributed by atoms with Crippen LogP contribution in [0.2, 0.25) is 0 Å². The highest BCUT2D eigenvalue weighted by Crippen LogP contribution is 2.55. The summed E-state index contributed by atoms with van der Waals surface area (Å²) >= 11 is 0. The third kappa shape index (κ3) is 3.33. The first-order valence-electron chi connectivity index (χ1n) is 10.8. The normalized spacial score (nSPS) is 36.6. The molecule has 2 heterocycles. The fraction of sp³-hybridized carbons (Fsp3) is 0.762. The van der Waals surface area contributed by atoms with Gasteiger partial charge in [-0.15, -0.1) is 0 Å². The topological polar surface area (TPSA) is 62.6 Å². The highest BCUT2D eigenvalue weighted by atomic mass is 16.2. The summed E-state index contributed by atoms with van der Waals surface area (Å²) in [6.07, 6.45) is 11.5. The van der Waals surface area contributed by atoms with Gasteiger partial charge in [-0.25, -0.2) is 9.97 Å². The Labute approximate surface area is 161 Å². The van der Waals surface area contributed by atoms with Crippen LogP contribution in [0.5, 0.6) is 0 Å². The molecule has 0 aromatic carbocycles. The number of nitrogens with one attached hydrogen (secondary N) is 2. The van der Waals surface area contributed by atoms with E-state index in [9.17, 15) is 4.79 Å². The Bertz CT molecular complexity index is 650. The third-order valence-electron chi connectivity index (χ3n) is 7.67. The average molecular weight is 371 g/mol. The molecular weight excluding hydrogens is 338 g/mol. The fourth-order valence-electron chi connectivity index (χ4n) is 6.70. The number of nitrogens with zero attached hydrogens (tertiary/aromatic N) is 3. The molecule has 1 amide bonds. The summed E-state index contributed by atoms with van der Waals surface area (Å²) in [5.41, 5.74) is 0.124. The third-order valence-corrected chi connectivity index (χ3v) is 7.67. The molecule has 5 aliphatic rings. The maximum absolute atomic E-state index is 13.1. The highest BCUT2D eigenvalue weighted by Gasteiger charge is 2.52. The van der Waals surface area contributed by atoms with Crippen molar-refractivity contribution in [1.29, 1.82) is 0 Å². The largest absolute Gasteiger partial charge is 0.345 e. The van der Waals surface area contributed by atoms with Crippen LogP contribution in [0, 0.1) is 17.8 Å². The van der Waals surface area contributed by atoms with Gasteiger partial charge in [0.2, 0.25) is 5.95 Å². The Morgan fingerprint density at radius 2 is 1.67 bits per heavy atom. The summed E-state index contributed by atoms with van der Waals surface area (Å²) in [5, 5.41) is 3.57. The van der Waals surface area contributed by atoms with E-state index in [0.717, 1.165) is 49.9 Å². The van der Waals surface area contributed by atoms with Gasteiger partial charge in [-0.05, 0) is 69.3 Å². The molecule has 1 aliphatic heterocycles. The highest BCUT2D eigenvalue weighted by molar-refractivity contribution is 5.80. The van der Waals surface area contributed by atoms with Crippen molar-refractivity contribution in [3.8, 4) is 0 Å². The summed E-state index contributed by atoms with van der Waals surface area (Å²) in [5.74, 6) is 3.69.